The van der Waals surface area contributed by atoms with E-state index in [4.69, 9.17) is 4.42 Å². The third-order valence-corrected chi connectivity index (χ3v) is 4.40. The van der Waals surface area contributed by atoms with E-state index in [1.165, 1.54) is 6.26 Å². The van der Waals surface area contributed by atoms with Crippen molar-refractivity contribution in [3.8, 4) is 0 Å². The van der Waals surface area contributed by atoms with Crippen molar-refractivity contribution in [3.63, 3.8) is 0 Å². The van der Waals surface area contributed by atoms with Gasteiger partial charge in [0.2, 0.25) is 5.91 Å². The Kier molecular flexibility index (Phi) is 4.50. The Bertz CT molecular complexity index is 719. The predicted octanol–water partition coefficient (Wildman–Crippen LogP) is 2.67. The van der Waals surface area contributed by atoms with Gasteiger partial charge in [-0.15, -0.1) is 11.3 Å². The number of furan rings is 1. The van der Waals surface area contributed by atoms with Gasteiger partial charge in [0.1, 0.15) is 11.8 Å². The average Bonchev–Trinajstić information content (AvgIpc) is 3.19. The number of hydrogen-bond donors (Lipinski definition) is 2. The van der Waals surface area contributed by atoms with E-state index in [0.717, 1.165) is 15.2 Å². The second-order valence-corrected chi connectivity index (χ2v) is 6.01. The van der Waals surface area contributed by atoms with E-state index in [2.05, 4.69) is 10.3 Å². The zero-order valence-electron chi connectivity index (χ0n) is 11.9. The second kappa shape index (κ2) is 6.72. The van der Waals surface area contributed by atoms with Crippen LogP contribution in [0.4, 0.5) is 0 Å². The Morgan fingerprint density at radius 2 is 2.18 bits per heavy atom. The van der Waals surface area contributed by atoms with Gasteiger partial charge in [0.15, 0.2) is 0 Å². The van der Waals surface area contributed by atoms with E-state index in [1.807, 2.05) is 24.3 Å². The van der Waals surface area contributed by atoms with Crippen LogP contribution < -0.4 is 5.32 Å². The summed E-state index contributed by atoms with van der Waals surface area (Å²) in [5.41, 5.74) is 0.965. The number of aliphatic hydroxyl groups is 1. The first kappa shape index (κ1) is 14.7. The molecule has 0 saturated heterocycles. The number of thiazole rings is 1. The van der Waals surface area contributed by atoms with Gasteiger partial charge in [0.05, 0.1) is 28.1 Å². The van der Waals surface area contributed by atoms with Crippen LogP contribution in [0.1, 0.15) is 23.2 Å². The van der Waals surface area contributed by atoms with Crippen molar-refractivity contribution >= 4 is 27.5 Å². The van der Waals surface area contributed by atoms with E-state index in [-0.39, 0.29) is 12.5 Å². The molecule has 2 N–H and O–H groups in total. The maximum Gasteiger partial charge on any atom is 0.221 e. The zero-order valence-corrected chi connectivity index (χ0v) is 12.7. The van der Waals surface area contributed by atoms with Crippen LogP contribution in [0.25, 0.3) is 10.2 Å². The van der Waals surface area contributed by atoms with E-state index >= 15 is 0 Å². The SMILES string of the molecule is O=C(CCc1nc2ccccc2s1)NC(CO)c1ccco1. The molecule has 0 spiro atoms. The summed E-state index contributed by atoms with van der Waals surface area (Å²) in [4.78, 5) is 16.5. The highest BCUT2D eigenvalue weighted by Gasteiger charge is 2.16. The standard InChI is InChI=1S/C16H16N2O3S/c19-10-12(13-5-3-9-21-13)17-15(20)7-8-16-18-11-4-1-2-6-14(11)22-16/h1-6,9,12,19H,7-8,10H2,(H,17,20). The molecule has 0 aliphatic heterocycles. The number of fused-ring (bicyclic) bond motifs is 1. The van der Waals surface area contributed by atoms with Crippen LogP contribution in [0.5, 0.6) is 0 Å². The first-order chi connectivity index (χ1) is 10.8. The number of aromatic nitrogens is 1. The van der Waals surface area contributed by atoms with Crippen molar-refractivity contribution in [1.82, 2.24) is 10.3 Å². The predicted molar refractivity (Wildman–Crippen MR) is 84.6 cm³/mol. The number of amides is 1. The van der Waals surface area contributed by atoms with Gasteiger partial charge >= 0.3 is 0 Å². The third kappa shape index (κ3) is 3.35. The summed E-state index contributed by atoms with van der Waals surface area (Å²) in [6.45, 7) is -0.194. The number of aliphatic hydroxyl groups excluding tert-OH is 1. The van der Waals surface area contributed by atoms with Crippen molar-refractivity contribution in [2.24, 2.45) is 0 Å². The molecule has 2 aromatic heterocycles. The molecule has 0 aliphatic rings. The fourth-order valence-electron chi connectivity index (χ4n) is 2.21. The number of nitrogens with one attached hydrogen (secondary N) is 1. The molecule has 0 radical (unpaired) electrons. The van der Waals surface area contributed by atoms with Gasteiger partial charge < -0.3 is 14.8 Å². The Labute approximate surface area is 131 Å². The van der Waals surface area contributed by atoms with Gasteiger partial charge in [-0.25, -0.2) is 4.98 Å². The van der Waals surface area contributed by atoms with Gasteiger partial charge in [-0.1, -0.05) is 12.1 Å². The molecule has 0 saturated carbocycles. The van der Waals surface area contributed by atoms with Crippen molar-refractivity contribution in [1.29, 1.82) is 0 Å². The van der Waals surface area contributed by atoms with Crippen LogP contribution in [-0.2, 0) is 11.2 Å². The quantitative estimate of drug-likeness (QED) is 0.733. The molecular formula is C16H16N2O3S. The van der Waals surface area contributed by atoms with Gasteiger partial charge in [0.25, 0.3) is 0 Å². The molecule has 1 atom stereocenters. The summed E-state index contributed by atoms with van der Waals surface area (Å²) < 4.78 is 6.33. The molecule has 1 unspecified atom stereocenters. The zero-order chi connectivity index (χ0) is 15.4. The number of hydrogen-bond acceptors (Lipinski definition) is 5. The number of nitrogens with zero attached hydrogens (tertiary/aromatic N) is 1. The van der Waals surface area contributed by atoms with Crippen molar-refractivity contribution in [2.75, 3.05) is 6.61 Å². The first-order valence-electron chi connectivity index (χ1n) is 7.04. The molecule has 114 valence electrons. The number of para-hydroxylation sites is 1. The summed E-state index contributed by atoms with van der Waals surface area (Å²) >= 11 is 1.60. The Hall–Kier alpha value is -2.18. The lowest BCUT2D eigenvalue weighted by molar-refractivity contribution is -0.122. The summed E-state index contributed by atoms with van der Waals surface area (Å²) in [6, 6.07) is 10.9. The van der Waals surface area contributed by atoms with E-state index in [1.54, 1.807) is 23.5 Å². The molecule has 5 nitrogen and oxygen atoms in total. The molecular weight excluding hydrogens is 300 g/mol. The van der Waals surface area contributed by atoms with Gasteiger partial charge in [-0.3, -0.25) is 4.79 Å². The van der Waals surface area contributed by atoms with Crippen LogP contribution in [0.2, 0.25) is 0 Å². The van der Waals surface area contributed by atoms with Crippen LogP contribution in [0, 0.1) is 0 Å². The normalized spacial score (nSPS) is 12.4. The summed E-state index contributed by atoms with van der Waals surface area (Å²) in [6.07, 6.45) is 2.43. The highest BCUT2D eigenvalue weighted by Crippen LogP contribution is 2.22. The summed E-state index contributed by atoms with van der Waals surface area (Å²) in [5, 5.41) is 13.0. The fourth-order valence-corrected chi connectivity index (χ4v) is 3.18. The second-order valence-electron chi connectivity index (χ2n) is 4.89. The van der Waals surface area contributed by atoms with Crippen molar-refractivity contribution in [3.05, 3.63) is 53.4 Å². The molecule has 0 aliphatic carbocycles. The lowest BCUT2D eigenvalue weighted by Crippen LogP contribution is -2.30. The van der Waals surface area contributed by atoms with Gasteiger partial charge in [-0.05, 0) is 24.3 Å². The molecule has 6 heteroatoms. The molecule has 1 amide bonds. The molecule has 0 bridgehead atoms. The monoisotopic (exact) mass is 316 g/mol. The van der Waals surface area contributed by atoms with Gasteiger partial charge in [0, 0.05) is 12.8 Å². The van der Waals surface area contributed by atoms with Crippen LogP contribution in [0.15, 0.2) is 47.1 Å². The van der Waals surface area contributed by atoms with Crippen molar-refractivity contribution in [2.45, 2.75) is 18.9 Å². The molecule has 3 rings (SSSR count). The minimum absolute atomic E-state index is 0.130. The minimum atomic E-state index is -0.502. The van der Waals surface area contributed by atoms with Gasteiger partial charge in [-0.2, -0.15) is 0 Å². The maximum atomic E-state index is 12.0. The Morgan fingerprint density at radius 1 is 1.32 bits per heavy atom. The third-order valence-electron chi connectivity index (χ3n) is 3.31. The van der Waals surface area contributed by atoms with Crippen LogP contribution in [-0.4, -0.2) is 22.6 Å². The molecule has 2 heterocycles. The maximum absolute atomic E-state index is 12.0. The van der Waals surface area contributed by atoms with Crippen LogP contribution in [0.3, 0.4) is 0 Å². The lowest BCUT2D eigenvalue weighted by atomic mass is 10.2. The highest BCUT2D eigenvalue weighted by molar-refractivity contribution is 7.18. The molecule has 0 fully saturated rings. The topological polar surface area (TPSA) is 75.4 Å². The van der Waals surface area contributed by atoms with Crippen LogP contribution >= 0.6 is 11.3 Å². The van der Waals surface area contributed by atoms with E-state index in [0.29, 0.717) is 18.6 Å². The number of benzene rings is 1. The average molecular weight is 316 g/mol. The smallest absolute Gasteiger partial charge is 0.221 e. The number of rotatable bonds is 6. The summed E-state index contributed by atoms with van der Waals surface area (Å²) in [5.74, 6) is 0.422. The summed E-state index contributed by atoms with van der Waals surface area (Å²) in [7, 11) is 0. The Balaban J connectivity index is 1.57. The fraction of sp³-hybridized carbons (Fsp3) is 0.250. The molecule has 1 aromatic carbocycles. The molecule has 3 aromatic rings. The number of aryl methyl sites for hydroxylation is 1. The number of carbonyl (C=O) groups is 1. The lowest BCUT2D eigenvalue weighted by Gasteiger charge is -2.13. The van der Waals surface area contributed by atoms with Crippen molar-refractivity contribution < 1.29 is 14.3 Å². The number of carbonyl (C=O) groups excluding carboxylic acids is 1. The largest absolute Gasteiger partial charge is 0.467 e. The molecule has 22 heavy (non-hydrogen) atoms. The van der Waals surface area contributed by atoms with E-state index < -0.39 is 6.04 Å². The highest BCUT2D eigenvalue weighted by atomic mass is 32.1. The first-order valence-corrected chi connectivity index (χ1v) is 7.86. The Morgan fingerprint density at radius 3 is 2.91 bits per heavy atom. The van der Waals surface area contributed by atoms with E-state index in [9.17, 15) is 9.90 Å². The minimum Gasteiger partial charge on any atom is -0.467 e.